The Morgan fingerprint density at radius 2 is 1.57 bits per heavy atom. The number of rotatable bonds is 2. The van der Waals surface area contributed by atoms with E-state index < -0.39 is 45.2 Å². The molecule has 1 aromatic heterocycles. The van der Waals surface area contributed by atoms with Crippen molar-refractivity contribution in [3.8, 4) is 22.6 Å². The van der Waals surface area contributed by atoms with Crippen LogP contribution in [0.2, 0.25) is 0 Å². The first kappa shape index (κ1) is 14.8. The number of hydrogen-bond donors (Lipinski definition) is 1. The number of nitrogens with zero attached hydrogens (tertiary/aromatic N) is 1. The van der Waals surface area contributed by atoms with Crippen molar-refractivity contribution in [2.75, 3.05) is 0 Å². The highest BCUT2D eigenvalue weighted by atomic mass is 19.4. The van der Waals surface area contributed by atoms with Crippen LogP contribution in [0.1, 0.15) is 5.69 Å². The zero-order chi connectivity index (χ0) is 16.9. The van der Waals surface area contributed by atoms with Crippen molar-refractivity contribution in [1.29, 1.82) is 0 Å². The van der Waals surface area contributed by atoms with E-state index in [4.69, 9.17) is 0 Å². The Morgan fingerprint density at radius 1 is 0.957 bits per heavy atom. The summed E-state index contributed by atoms with van der Waals surface area (Å²) in [4.78, 5) is 34.7. The van der Waals surface area contributed by atoms with Crippen LogP contribution in [0.4, 0.5) is 13.2 Å². The third kappa shape index (κ3) is 2.08. The summed E-state index contributed by atoms with van der Waals surface area (Å²) in [5.74, 6) is -1.39. The van der Waals surface area contributed by atoms with E-state index in [1.165, 1.54) is 24.3 Å². The van der Waals surface area contributed by atoms with Crippen LogP contribution < -0.4 is 21.5 Å². The van der Waals surface area contributed by atoms with Gasteiger partial charge >= 0.3 is 6.18 Å². The molecule has 0 aliphatic rings. The van der Waals surface area contributed by atoms with Gasteiger partial charge in [-0.2, -0.15) is 13.2 Å². The van der Waals surface area contributed by atoms with Gasteiger partial charge in [-0.25, -0.2) is 4.68 Å². The fraction of sp³-hybridized carbons (Fsp3) is 0.0714. The molecule has 0 saturated carbocycles. The molecule has 3 aromatic rings. The summed E-state index contributed by atoms with van der Waals surface area (Å²) in [7, 11) is 0. The summed E-state index contributed by atoms with van der Waals surface area (Å²) in [6.07, 6.45) is -5.01. The summed E-state index contributed by atoms with van der Waals surface area (Å²) in [6.45, 7) is 0. The van der Waals surface area contributed by atoms with Crippen LogP contribution >= 0.6 is 0 Å². The summed E-state index contributed by atoms with van der Waals surface area (Å²) in [6, 6.07) is 7.30. The van der Waals surface area contributed by atoms with E-state index >= 15 is 0 Å². The molecule has 0 spiro atoms. The number of hydrogen-bond acceptors (Lipinski definition) is 4. The van der Waals surface area contributed by atoms with Crippen molar-refractivity contribution >= 4 is 0 Å². The highest BCUT2D eigenvalue weighted by molar-refractivity contribution is 5.75. The van der Waals surface area contributed by atoms with Crippen molar-refractivity contribution in [2.45, 2.75) is 6.18 Å². The molecule has 23 heavy (non-hydrogen) atoms. The Kier molecular flexibility index (Phi) is 3.03. The predicted molar refractivity (Wildman–Crippen MR) is 71.2 cm³/mol. The molecular formula is C14H6F3N2O4-. The van der Waals surface area contributed by atoms with Gasteiger partial charge in [-0.3, -0.25) is 19.5 Å². The average Bonchev–Trinajstić information content (AvgIpc) is 2.85. The second-order valence-electron chi connectivity index (χ2n) is 4.70. The SMILES string of the molecule is O=c1c([O-])c(-c2c(C(F)(F)F)[nH]n(-c3ccccc3)c2=O)c1=O. The quantitative estimate of drug-likeness (QED) is 0.696. The molecule has 1 N–H and O–H groups in total. The van der Waals surface area contributed by atoms with Crippen LogP contribution in [0.5, 0.6) is 5.75 Å². The van der Waals surface area contributed by atoms with E-state index in [0.717, 1.165) is 0 Å². The molecule has 0 saturated heterocycles. The van der Waals surface area contributed by atoms with Gasteiger partial charge in [-0.1, -0.05) is 18.2 Å². The number of alkyl halides is 3. The normalized spacial score (nSPS) is 12.0. The molecular weight excluding hydrogens is 317 g/mol. The lowest BCUT2D eigenvalue weighted by Gasteiger charge is -2.14. The average molecular weight is 323 g/mol. The van der Waals surface area contributed by atoms with Crippen LogP contribution in [0, 0.1) is 0 Å². The number of halogens is 3. The molecule has 6 nitrogen and oxygen atoms in total. The third-order valence-corrected chi connectivity index (χ3v) is 3.31. The van der Waals surface area contributed by atoms with E-state index in [-0.39, 0.29) is 5.69 Å². The number of para-hydroxylation sites is 1. The third-order valence-electron chi connectivity index (χ3n) is 3.31. The van der Waals surface area contributed by atoms with Gasteiger partial charge < -0.3 is 5.11 Å². The van der Waals surface area contributed by atoms with Crippen molar-refractivity contribution < 1.29 is 18.3 Å². The molecule has 3 rings (SSSR count). The van der Waals surface area contributed by atoms with Crippen molar-refractivity contribution in [2.24, 2.45) is 0 Å². The van der Waals surface area contributed by atoms with Gasteiger partial charge in [0.25, 0.3) is 5.56 Å². The van der Waals surface area contributed by atoms with Gasteiger partial charge in [-0.15, -0.1) is 0 Å². The molecule has 0 bridgehead atoms. The largest absolute Gasteiger partial charge is 0.869 e. The highest BCUT2D eigenvalue weighted by Gasteiger charge is 2.40. The Labute approximate surface area is 124 Å². The maximum atomic E-state index is 13.1. The second kappa shape index (κ2) is 4.70. The Hall–Kier alpha value is -3.10. The van der Waals surface area contributed by atoms with E-state index in [9.17, 15) is 32.7 Å². The minimum absolute atomic E-state index is 0.0837. The van der Waals surface area contributed by atoms with Crippen molar-refractivity contribution in [3.63, 3.8) is 0 Å². The lowest BCUT2D eigenvalue weighted by atomic mass is 10.00. The van der Waals surface area contributed by atoms with Crippen LogP contribution in [0.3, 0.4) is 0 Å². The van der Waals surface area contributed by atoms with Crippen LogP contribution in [0.15, 0.2) is 44.7 Å². The highest BCUT2D eigenvalue weighted by Crippen LogP contribution is 2.35. The minimum atomic E-state index is -5.01. The Morgan fingerprint density at radius 3 is 2.09 bits per heavy atom. The minimum Gasteiger partial charge on any atom is -0.869 e. The first-order valence-electron chi connectivity index (χ1n) is 6.21. The monoisotopic (exact) mass is 323 g/mol. The topological polar surface area (TPSA) is 95.0 Å². The molecule has 0 amide bonds. The summed E-state index contributed by atoms with van der Waals surface area (Å²) >= 11 is 0. The second-order valence-corrected chi connectivity index (χ2v) is 4.70. The fourth-order valence-corrected chi connectivity index (χ4v) is 2.23. The molecule has 0 aliphatic heterocycles. The molecule has 9 heteroatoms. The van der Waals surface area contributed by atoms with Gasteiger partial charge in [0, 0.05) is 5.56 Å². The number of aromatic nitrogens is 2. The number of benzene rings is 1. The van der Waals surface area contributed by atoms with Gasteiger partial charge in [0.05, 0.1) is 11.3 Å². The first-order chi connectivity index (χ1) is 10.7. The predicted octanol–water partition coefficient (Wildman–Crippen LogP) is 0.521. The summed E-state index contributed by atoms with van der Waals surface area (Å²) < 4.78 is 39.9. The van der Waals surface area contributed by atoms with Crippen LogP contribution in [-0.4, -0.2) is 9.78 Å². The molecule has 118 valence electrons. The van der Waals surface area contributed by atoms with Gasteiger partial charge in [0.2, 0.25) is 10.9 Å². The maximum absolute atomic E-state index is 13.1. The van der Waals surface area contributed by atoms with Crippen molar-refractivity contribution in [3.05, 3.63) is 66.8 Å². The van der Waals surface area contributed by atoms with Crippen LogP contribution in [0.25, 0.3) is 16.8 Å². The zero-order valence-corrected chi connectivity index (χ0v) is 11.1. The molecule has 0 atom stereocenters. The summed E-state index contributed by atoms with van der Waals surface area (Å²) in [5, 5.41) is 13.3. The van der Waals surface area contributed by atoms with E-state index in [2.05, 4.69) is 0 Å². The smallest absolute Gasteiger partial charge is 0.433 e. The number of aromatic amines is 1. The Bertz CT molecular complexity index is 1020. The fourth-order valence-electron chi connectivity index (χ4n) is 2.23. The molecule has 2 aromatic carbocycles. The van der Waals surface area contributed by atoms with E-state index in [1.807, 2.05) is 5.10 Å². The number of nitrogens with one attached hydrogen (secondary N) is 1. The van der Waals surface area contributed by atoms with E-state index in [1.54, 1.807) is 6.07 Å². The zero-order valence-electron chi connectivity index (χ0n) is 11.1. The van der Waals surface area contributed by atoms with Gasteiger partial charge in [0.1, 0.15) is 5.69 Å². The van der Waals surface area contributed by atoms with Crippen molar-refractivity contribution in [1.82, 2.24) is 9.78 Å². The lowest BCUT2D eigenvalue weighted by Crippen LogP contribution is -2.38. The number of H-pyrrole nitrogens is 1. The molecule has 1 heterocycles. The Balaban J connectivity index is 2.36. The molecule has 0 aliphatic carbocycles. The van der Waals surface area contributed by atoms with Gasteiger partial charge in [0.15, 0.2) is 0 Å². The molecule has 0 radical (unpaired) electrons. The summed E-state index contributed by atoms with van der Waals surface area (Å²) in [5.41, 5.74) is -7.67. The first-order valence-corrected chi connectivity index (χ1v) is 6.21. The lowest BCUT2D eigenvalue weighted by molar-refractivity contribution is -0.270. The molecule has 0 fully saturated rings. The maximum Gasteiger partial charge on any atom is 0.433 e. The van der Waals surface area contributed by atoms with E-state index in [0.29, 0.717) is 4.68 Å². The standard InChI is InChI=1S/C14H7F3N2O4/c15-14(16,17)12-8(7-9(20)11(22)10(7)21)13(23)19(18-12)6-4-2-1-3-5-6/h1-5,18,20H/p-1. The van der Waals surface area contributed by atoms with Gasteiger partial charge in [-0.05, 0) is 17.9 Å². The van der Waals surface area contributed by atoms with Crippen LogP contribution in [-0.2, 0) is 6.18 Å². The molecule has 0 unspecified atom stereocenters.